The molecule has 0 aliphatic rings. The molecular formula is C16H15ClFNO3S. The fourth-order valence-electron chi connectivity index (χ4n) is 2.02. The van der Waals surface area contributed by atoms with Crippen molar-refractivity contribution >= 4 is 28.4 Å². The Morgan fingerprint density at radius 3 is 2.57 bits per heavy atom. The van der Waals surface area contributed by atoms with E-state index in [9.17, 15) is 13.7 Å². The molecule has 4 nitrogen and oxygen atoms in total. The van der Waals surface area contributed by atoms with E-state index in [-0.39, 0.29) is 23.6 Å². The average molecular weight is 356 g/mol. The second-order valence-corrected chi connectivity index (χ2v) is 6.27. The normalized spacial score (nSPS) is 13.1. The van der Waals surface area contributed by atoms with E-state index in [2.05, 4.69) is 4.99 Å². The molecule has 2 aromatic carbocycles. The van der Waals surface area contributed by atoms with E-state index in [1.165, 1.54) is 12.1 Å². The summed E-state index contributed by atoms with van der Waals surface area (Å²) in [6.45, 7) is 0.278. The van der Waals surface area contributed by atoms with Crippen LogP contribution in [0.1, 0.15) is 17.5 Å². The number of phenols is 1. The third kappa shape index (κ3) is 5.13. The Morgan fingerprint density at radius 1 is 1.22 bits per heavy atom. The van der Waals surface area contributed by atoms with E-state index in [1.807, 2.05) is 0 Å². The SMILES string of the molecule is O=S(O)CCCN=C(c1ccc(Cl)cc1)c1cc(F)ccc1O. The van der Waals surface area contributed by atoms with Gasteiger partial charge in [0.25, 0.3) is 0 Å². The fourth-order valence-corrected chi connectivity index (χ4v) is 2.52. The van der Waals surface area contributed by atoms with Gasteiger partial charge in [0.2, 0.25) is 0 Å². The summed E-state index contributed by atoms with van der Waals surface area (Å²) < 4.78 is 33.0. The predicted octanol–water partition coefficient (Wildman–Crippen LogP) is 3.63. The number of rotatable bonds is 6. The molecule has 7 heteroatoms. The Labute approximate surface area is 140 Å². The van der Waals surface area contributed by atoms with Gasteiger partial charge in [-0.3, -0.25) is 4.99 Å². The maximum atomic E-state index is 13.5. The highest BCUT2D eigenvalue weighted by Gasteiger charge is 2.13. The molecule has 0 aliphatic heterocycles. The summed E-state index contributed by atoms with van der Waals surface area (Å²) in [7, 11) is 0. The summed E-state index contributed by atoms with van der Waals surface area (Å²) in [5.41, 5.74) is 1.33. The Kier molecular flexibility index (Phi) is 6.27. The van der Waals surface area contributed by atoms with Crippen LogP contribution in [0.3, 0.4) is 0 Å². The summed E-state index contributed by atoms with van der Waals surface area (Å²) in [6, 6.07) is 10.4. The summed E-state index contributed by atoms with van der Waals surface area (Å²) >= 11 is 3.99. The van der Waals surface area contributed by atoms with Gasteiger partial charge in [0.05, 0.1) is 11.5 Å². The molecule has 122 valence electrons. The van der Waals surface area contributed by atoms with Crippen molar-refractivity contribution in [3.8, 4) is 5.75 Å². The van der Waals surface area contributed by atoms with E-state index in [4.69, 9.17) is 16.2 Å². The van der Waals surface area contributed by atoms with Crippen LogP contribution >= 0.6 is 11.6 Å². The van der Waals surface area contributed by atoms with E-state index in [1.54, 1.807) is 24.3 Å². The first kappa shape index (κ1) is 17.6. The van der Waals surface area contributed by atoms with E-state index in [0.717, 1.165) is 6.07 Å². The molecule has 0 saturated carbocycles. The highest BCUT2D eigenvalue weighted by molar-refractivity contribution is 7.79. The molecule has 0 aliphatic carbocycles. The second-order valence-electron chi connectivity index (χ2n) is 4.78. The number of aliphatic imine (C=N–C) groups is 1. The number of halogens is 2. The molecule has 1 atom stereocenters. The zero-order valence-electron chi connectivity index (χ0n) is 12.1. The molecule has 0 heterocycles. The fraction of sp³-hybridized carbons (Fsp3) is 0.188. The summed E-state index contributed by atoms with van der Waals surface area (Å²) in [6.07, 6.45) is 0.399. The Morgan fingerprint density at radius 2 is 1.91 bits per heavy atom. The number of nitrogens with zero attached hydrogens (tertiary/aromatic N) is 1. The van der Waals surface area contributed by atoms with Crippen molar-refractivity contribution in [2.24, 2.45) is 4.99 Å². The highest BCUT2D eigenvalue weighted by Crippen LogP contribution is 2.23. The van der Waals surface area contributed by atoms with Crippen LogP contribution in [0, 0.1) is 5.82 Å². The topological polar surface area (TPSA) is 69.9 Å². The summed E-state index contributed by atoms with van der Waals surface area (Å²) in [5, 5.41) is 10.6. The maximum absolute atomic E-state index is 13.5. The minimum atomic E-state index is -1.88. The van der Waals surface area contributed by atoms with Crippen LogP contribution in [-0.2, 0) is 11.1 Å². The number of benzene rings is 2. The average Bonchev–Trinajstić information content (AvgIpc) is 2.51. The highest BCUT2D eigenvalue weighted by atomic mass is 35.5. The van der Waals surface area contributed by atoms with Gasteiger partial charge in [0.15, 0.2) is 11.1 Å². The lowest BCUT2D eigenvalue weighted by atomic mass is 10.0. The minimum Gasteiger partial charge on any atom is -0.507 e. The molecule has 2 aromatic rings. The zero-order chi connectivity index (χ0) is 16.8. The first-order chi connectivity index (χ1) is 11.0. The molecule has 2 rings (SSSR count). The van der Waals surface area contributed by atoms with Gasteiger partial charge in [-0.05, 0) is 36.8 Å². The standard InChI is InChI=1S/C16H15ClFNO3S/c17-12-4-2-11(3-5-12)16(19-8-1-9-23(21)22)14-10-13(18)6-7-15(14)20/h2-7,10,20H,1,8-9H2,(H,21,22). The van der Waals surface area contributed by atoms with Gasteiger partial charge in [-0.1, -0.05) is 23.7 Å². The monoisotopic (exact) mass is 355 g/mol. The van der Waals surface area contributed by atoms with Gasteiger partial charge in [-0.15, -0.1) is 0 Å². The van der Waals surface area contributed by atoms with Gasteiger partial charge in [-0.2, -0.15) is 0 Å². The third-order valence-corrected chi connectivity index (χ3v) is 3.97. The molecule has 0 aromatic heterocycles. The molecule has 0 saturated heterocycles. The summed E-state index contributed by atoms with van der Waals surface area (Å²) in [4.78, 5) is 4.37. The van der Waals surface area contributed by atoms with Crippen molar-refractivity contribution in [1.82, 2.24) is 0 Å². The lowest BCUT2D eigenvalue weighted by molar-refractivity contribution is 0.472. The molecule has 23 heavy (non-hydrogen) atoms. The largest absolute Gasteiger partial charge is 0.507 e. The maximum Gasteiger partial charge on any atom is 0.152 e. The molecule has 0 bridgehead atoms. The van der Waals surface area contributed by atoms with Crippen LogP contribution in [0.25, 0.3) is 0 Å². The molecule has 2 N–H and O–H groups in total. The second kappa shape index (κ2) is 8.19. The van der Waals surface area contributed by atoms with Gasteiger partial charge >= 0.3 is 0 Å². The van der Waals surface area contributed by atoms with Gasteiger partial charge < -0.3 is 9.66 Å². The van der Waals surface area contributed by atoms with Crippen LogP contribution in [0.5, 0.6) is 5.75 Å². The van der Waals surface area contributed by atoms with Crippen molar-refractivity contribution < 1.29 is 18.3 Å². The Hall–Kier alpha value is -1.76. The quantitative estimate of drug-likeness (QED) is 0.472. The first-order valence-electron chi connectivity index (χ1n) is 6.84. The van der Waals surface area contributed by atoms with E-state index >= 15 is 0 Å². The van der Waals surface area contributed by atoms with E-state index < -0.39 is 16.9 Å². The van der Waals surface area contributed by atoms with Crippen molar-refractivity contribution in [1.29, 1.82) is 0 Å². The lowest BCUT2D eigenvalue weighted by Crippen LogP contribution is -2.07. The van der Waals surface area contributed by atoms with Crippen molar-refractivity contribution in [2.75, 3.05) is 12.3 Å². The van der Waals surface area contributed by atoms with Crippen LogP contribution in [0.4, 0.5) is 4.39 Å². The molecule has 0 spiro atoms. The van der Waals surface area contributed by atoms with Crippen LogP contribution in [-0.4, -0.2) is 31.9 Å². The molecule has 0 radical (unpaired) electrons. The number of hydrogen-bond donors (Lipinski definition) is 2. The number of phenolic OH excluding ortho intramolecular Hbond substituents is 1. The molecule has 0 amide bonds. The first-order valence-corrected chi connectivity index (χ1v) is 8.49. The smallest absolute Gasteiger partial charge is 0.152 e. The zero-order valence-corrected chi connectivity index (χ0v) is 13.6. The Balaban J connectivity index is 2.38. The van der Waals surface area contributed by atoms with Gasteiger partial charge in [-0.25, -0.2) is 8.60 Å². The van der Waals surface area contributed by atoms with Crippen molar-refractivity contribution in [3.63, 3.8) is 0 Å². The summed E-state index contributed by atoms with van der Waals surface area (Å²) in [5.74, 6) is -0.478. The molecule has 1 unspecified atom stereocenters. The van der Waals surface area contributed by atoms with Crippen LogP contribution in [0.15, 0.2) is 47.5 Å². The van der Waals surface area contributed by atoms with Crippen LogP contribution < -0.4 is 0 Å². The van der Waals surface area contributed by atoms with Crippen molar-refractivity contribution in [3.05, 3.63) is 64.4 Å². The Bertz CT molecular complexity index is 735. The van der Waals surface area contributed by atoms with Crippen molar-refractivity contribution in [2.45, 2.75) is 6.42 Å². The lowest BCUT2D eigenvalue weighted by Gasteiger charge is -2.10. The predicted molar refractivity (Wildman–Crippen MR) is 90.3 cm³/mol. The third-order valence-electron chi connectivity index (χ3n) is 3.08. The molecule has 0 fully saturated rings. The number of hydrogen-bond acceptors (Lipinski definition) is 3. The van der Waals surface area contributed by atoms with Gasteiger partial charge in [0, 0.05) is 22.7 Å². The minimum absolute atomic E-state index is 0.0918. The van der Waals surface area contributed by atoms with Crippen LogP contribution in [0.2, 0.25) is 5.02 Å². The number of aromatic hydroxyl groups is 1. The van der Waals surface area contributed by atoms with E-state index in [0.29, 0.717) is 22.7 Å². The van der Waals surface area contributed by atoms with Gasteiger partial charge in [0.1, 0.15) is 11.6 Å². The molecular weight excluding hydrogens is 341 g/mol.